The van der Waals surface area contributed by atoms with Crippen molar-refractivity contribution in [3.8, 4) is 0 Å². The third-order valence-electron chi connectivity index (χ3n) is 3.33. The molecular formula is C12H15NO. The topological polar surface area (TPSA) is 12.5 Å². The predicted molar refractivity (Wildman–Crippen MR) is 54.6 cm³/mol. The Bertz CT molecular complexity index is 331. The van der Waals surface area contributed by atoms with Gasteiger partial charge < -0.3 is 0 Å². The van der Waals surface area contributed by atoms with E-state index in [1.807, 2.05) is 12.1 Å². The minimum atomic E-state index is 0.218. The Balaban J connectivity index is 1.86. The zero-order valence-electron chi connectivity index (χ0n) is 8.44. The Morgan fingerprint density at radius 1 is 1.29 bits per heavy atom. The van der Waals surface area contributed by atoms with E-state index in [4.69, 9.17) is 4.84 Å². The lowest BCUT2D eigenvalue weighted by Gasteiger charge is -2.17. The first-order valence-electron chi connectivity index (χ1n) is 5.26. The maximum atomic E-state index is 5.86. The molecule has 2 heteroatoms. The highest BCUT2D eigenvalue weighted by Crippen LogP contribution is 2.53. The maximum Gasteiger partial charge on any atom is 0.0921 e. The first-order valence-corrected chi connectivity index (χ1v) is 5.26. The van der Waals surface area contributed by atoms with Crippen molar-refractivity contribution < 1.29 is 4.84 Å². The average molecular weight is 189 g/mol. The summed E-state index contributed by atoms with van der Waals surface area (Å²) in [6.45, 7) is 0. The zero-order valence-corrected chi connectivity index (χ0v) is 8.44. The van der Waals surface area contributed by atoms with Crippen LogP contribution in [0.2, 0.25) is 0 Å². The summed E-state index contributed by atoms with van der Waals surface area (Å²) in [4.78, 5) is 5.86. The van der Waals surface area contributed by atoms with Crippen molar-refractivity contribution in [2.24, 2.45) is 0 Å². The first kappa shape index (κ1) is 8.45. The molecule has 0 amide bonds. The third-order valence-corrected chi connectivity index (χ3v) is 3.33. The molecule has 2 aliphatic rings. The molecule has 1 aliphatic carbocycles. The Morgan fingerprint density at radius 3 is 2.57 bits per heavy atom. The van der Waals surface area contributed by atoms with Crippen LogP contribution in [-0.2, 0) is 4.84 Å². The van der Waals surface area contributed by atoms with E-state index in [9.17, 15) is 0 Å². The summed E-state index contributed by atoms with van der Waals surface area (Å²) in [5.74, 6) is 0. The van der Waals surface area contributed by atoms with E-state index < -0.39 is 0 Å². The Labute approximate surface area is 84.4 Å². The van der Waals surface area contributed by atoms with Gasteiger partial charge >= 0.3 is 0 Å². The van der Waals surface area contributed by atoms with E-state index in [-0.39, 0.29) is 5.60 Å². The maximum absolute atomic E-state index is 5.86. The van der Waals surface area contributed by atoms with Crippen LogP contribution >= 0.6 is 0 Å². The van der Waals surface area contributed by atoms with Crippen LogP contribution in [0.3, 0.4) is 0 Å². The van der Waals surface area contributed by atoms with Crippen LogP contribution < -0.4 is 0 Å². The van der Waals surface area contributed by atoms with Gasteiger partial charge in [0.25, 0.3) is 0 Å². The van der Waals surface area contributed by atoms with Crippen LogP contribution in [-0.4, -0.2) is 17.7 Å². The largest absolute Gasteiger partial charge is 0.292 e. The molecular weight excluding hydrogens is 174 g/mol. The summed E-state index contributed by atoms with van der Waals surface area (Å²) < 4.78 is 0. The standard InChI is InChI=1S/C12H15NO/c1-13-11(9-12(14-13)7-8-12)10-5-3-2-4-6-10/h2-6,11H,7-9H2,1H3. The van der Waals surface area contributed by atoms with E-state index in [1.54, 1.807) is 0 Å². The van der Waals surface area contributed by atoms with E-state index in [0.29, 0.717) is 6.04 Å². The minimum absolute atomic E-state index is 0.218. The lowest BCUT2D eigenvalue weighted by molar-refractivity contribution is -0.154. The van der Waals surface area contributed by atoms with Crippen LogP contribution in [0.1, 0.15) is 30.9 Å². The van der Waals surface area contributed by atoms with Crippen molar-refractivity contribution in [1.29, 1.82) is 0 Å². The van der Waals surface area contributed by atoms with Crippen LogP contribution in [0.25, 0.3) is 0 Å². The average Bonchev–Trinajstić information content (AvgIpc) is 2.86. The summed E-state index contributed by atoms with van der Waals surface area (Å²) in [7, 11) is 2.05. The minimum Gasteiger partial charge on any atom is -0.292 e. The lowest BCUT2D eigenvalue weighted by Crippen LogP contribution is -2.17. The second-order valence-electron chi connectivity index (χ2n) is 4.45. The second kappa shape index (κ2) is 2.81. The van der Waals surface area contributed by atoms with Gasteiger partial charge in [-0.2, -0.15) is 5.06 Å². The van der Waals surface area contributed by atoms with Crippen LogP contribution in [0.5, 0.6) is 0 Å². The summed E-state index contributed by atoms with van der Waals surface area (Å²) in [5.41, 5.74) is 1.59. The molecule has 14 heavy (non-hydrogen) atoms. The van der Waals surface area contributed by atoms with Gasteiger partial charge in [0.05, 0.1) is 11.6 Å². The molecule has 1 aromatic rings. The molecule has 1 aliphatic heterocycles. The van der Waals surface area contributed by atoms with Crippen LogP contribution in [0.15, 0.2) is 30.3 Å². The van der Waals surface area contributed by atoms with Gasteiger partial charge in [-0.25, -0.2) is 0 Å². The molecule has 3 rings (SSSR count). The van der Waals surface area contributed by atoms with Crippen molar-refractivity contribution in [3.05, 3.63) is 35.9 Å². The molecule has 74 valence electrons. The number of hydrogen-bond donors (Lipinski definition) is 0. The highest BCUT2D eigenvalue weighted by atomic mass is 16.7. The van der Waals surface area contributed by atoms with Gasteiger partial charge in [-0.15, -0.1) is 0 Å². The Hall–Kier alpha value is -0.860. The highest BCUT2D eigenvalue weighted by Gasteiger charge is 2.53. The molecule has 1 saturated carbocycles. The molecule has 0 bridgehead atoms. The van der Waals surface area contributed by atoms with Gasteiger partial charge in [-0.05, 0) is 18.4 Å². The number of hydroxylamine groups is 2. The van der Waals surface area contributed by atoms with Gasteiger partial charge in [-0.3, -0.25) is 4.84 Å². The van der Waals surface area contributed by atoms with E-state index in [1.165, 1.54) is 18.4 Å². The van der Waals surface area contributed by atoms with Crippen molar-refractivity contribution in [2.75, 3.05) is 7.05 Å². The summed E-state index contributed by atoms with van der Waals surface area (Å²) in [5, 5.41) is 2.03. The number of rotatable bonds is 1. The van der Waals surface area contributed by atoms with Gasteiger partial charge in [0.15, 0.2) is 0 Å². The third kappa shape index (κ3) is 1.26. The van der Waals surface area contributed by atoms with E-state index >= 15 is 0 Å². The fourth-order valence-electron chi connectivity index (χ4n) is 2.33. The molecule has 0 aromatic heterocycles. The quantitative estimate of drug-likeness (QED) is 0.673. The predicted octanol–water partition coefficient (Wildman–Crippen LogP) is 2.53. The highest BCUT2D eigenvalue weighted by molar-refractivity contribution is 5.21. The molecule has 1 aromatic carbocycles. The number of benzene rings is 1. The normalized spacial score (nSPS) is 29.6. The lowest BCUT2D eigenvalue weighted by atomic mass is 10.0. The van der Waals surface area contributed by atoms with E-state index in [0.717, 1.165) is 6.42 Å². The van der Waals surface area contributed by atoms with E-state index in [2.05, 4.69) is 30.3 Å². The fourth-order valence-corrected chi connectivity index (χ4v) is 2.33. The molecule has 0 radical (unpaired) electrons. The molecule has 1 unspecified atom stereocenters. The first-order chi connectivity index (χ1) is 6.79. The molecule has 1 heterocycles. The fraction of sp³-hybridized carbons (Fsp3) is 0.500. The second-order valence-corrected chi connectivity index (χ2v) is 4.45. The number of hydrogen-bond acceptors (Lipinski definition) is 2. The molecule has 1 saturated heterocycles. The molecule has 0 N–H and O–H groups in total. The van der Waals surface area contributed by atoms with Gasteiger partial charge in [0.2, 0.25) is 0 Å². The molecule has 2 nitrogen and oxygen atoms in total. The van der Waals surface area contributed by atoms with Gasteiger partial charge in [0.1, 0.15) is 0 Å². The SMILES string of the molecule is CN1OC2(CC2)CC1c1ccccc1. The Kier molecular flexibility index (Phi) is 1.70. The molecule has 1 atom stereocenters. The summed E-state index contributed by atoms with van der Waals surface area (Å²) in [6.07, 6.45) is 3.63. The number of nitrogens with zero attached hydrogens (tertiary/aromatic N) is 1. The Morgan fingerprint density at radius 2 is 2.00 bits per heavy atom. The van der Waals surface area contributed by atoms with Crippen molar-refractivity contribution >= 4 is 0 Å². The van der Waals surface area contributed by atoms with Crippen molar-refractivity contribution in [1.82, 2.24) is 5.06 Å². The van der Waals surface area contributed by atoms with Gasteiger partial charge in [0, 0.05) is 13.5 Å². The molecule has 2 fully saturated rings. The smallest absolute Gasteiger partial charge is 0.0921 e. The summed E-state index contributed by atoms with van der Waals surface area (Å²) >= 11 is 0. The zero-order chi connectivity index (χ0) is 9.60. The van der Waals surface area contributed by atoms with Crippen LogP contribution in [0.4, 0.5) is 0 Å². The van der Waals surface area contributed by atoms with Crippen molar-refractivity contribution in [2.45, 2.75) is 30.9 Å². The van der Waals surface area contributed by atoms with Crippen LogP contribution in [0, 0.1) is 0 Å². The summed E-state index contributed by atoms with van der Waals surface area (Å²) in [6, 6.07) is 11.1. The molecule has 1 spiro atoms. The van der Waals surface area contributed by atoms with Crippen molar-refractivity contribution in [3.63, 3.8) is 0 Å². The monoisotopic (exact) mass is 189 g/mol. The van der Waals surface area contributed by atoms with Gasteiger partial charge in [-0.1, -0.05) is 30.3 Å².